The van der Waals surface area contributed by atoms with Crippen molar-refractivity contribution in [1.29, 1.82) is 0 Å². The molecule has 0 aliphatic carbocycles. The van der Waals surface area contributed by atoms with Gasteiger partial charge in [-0.1, -0.05) is 24.3 Å². The Morgan fingerprint density at radius 2 is 2.04 bits per heavy atom. The van der Waals surface area contributed by atoms with Crippen LogP contribution in [-0.4, -0.2) is 30.3 Å². The van der Waals surface area contributed by atoms with E-state index in [9.17, 15) is 8.42 Å². The van der Waals surface area contributed by atoms with Gasteiger partial charge < -0.3 is 0 Å². The van der Waals surface area contributed by atoms with Crippen molar-refractivity contribution in [2.75, 3.05) is 13.1 Å². The second-order valence-electron chi connectivity index (χ2n) is 6.85. The van der Waals surface area contributed by atoms with E-state index >= 15 is 0 Å². The molecule has 1 fully saturated rings. The van der Waals surface area contributed by atoms with Gasteiger partial charge in [-0.3, -0.25) is 5.43 Å². The first-order valence-electron chi connectivity index (χ1n) is 8.72. The summed E-state index contributed by atoms with van der Waals surface area (Å²) >= 11 is 1.01. The maximum Gasteiger partial charge on any atom is 0.242 e. The summed E-state index contributed by atoms with van der Waals surface area (Å²) in [5.74, 6) is 0.0923. The van der Waals surface area contributed by atoms with Gasteiger partial charge in [-0.05, 0) is 42.7 Å². The van der Waals surface area contributed by atoms with Crippen LogP contribution in [0.2, 0.25) is 0 Å². The van der Waals surface area contributed by atoms with Gasteiger partial charge >= 0.3 is 0 Å². The lowest BCUT2D eigenvalue weighted by Crippen LogP contribution is -2.33. The Hall–Kier alpha value is -1.91. The monoisotopic (exact) mass is 403 g/mol. The average molecular weight is 404 g/mol. The molecule has 2 aromatic carbocycles. The quantitative estimate of drug-likeness (QED) is 0.603. The highest BCUT2D eigenvalue weighted by molar-refractivity contribution is 7.89. The minimum Gasteiger partial charge on any atom is -0.257 e. The summed E-state index contributed by atoms with van der Waals surface area (Å²) in [6, 6.07) is 11.4. The highest BCUT2D eigenvalue weighted by Crippen LogP contribution is 2.27. The van der Waals surface area contributed by atoms with Crippen molar-refractivity contribution in [1.82, 2.24) is 24.3 Å². The molecule has 1 aliphatic rings. The molecule has 2 heterocycles. The first-order chi connectivity index (χ1) is 13.0. The van der Waals surface area contributed by atoms with E-state index < -0.39 is 10.0 Å². The number of benzene rings is 2. The highest BCUT2D eigenvalue weighted by Gasteiger charge is 2.30. The van der Waals surface area contributed by atoms with Crippen LogP contribution in [0.1, 0.15) is 22.7 Å². The minimum absolute atomic E-state index is 0.0451. The van der Waals surface area contributed by atoms with E-state index in [1.807, 2.05) is 0 Å². The first kappa shape index (κ1) is 18.5. The number of rotatable bonds is 5. The molecule has 1 aromatic heterocycles. The van der Waals surface area contributed by atoms with E-state index in [1.165, 1.54) is 11.1 Å². The van der Waals surface area contributed by atoms with Gasteiger partial charge in [-0.25, -0.2) is 18.6 Å². The number of hydrogen-bond donors (Lipinski definition) is 3. The Morgan fingerprint density at radius 3 is 2.85 bits per heavy atom. The van der Waals surface area contributed by atoms with Gasteiger partial charge in [-0.2, -0.15) is 8.75 Å². The number of fused-ring (bicyclic) bond motifs is 1. The Balaban J connectivity index is 1.53. The fourth-order valence-electron chi connectivity index (χ4n) is 3.33. The summed E-state index contributed by atoms with van der Waals surface area (Å²) in [7, 11) is -3.67. The highest BCUT2D eigenvalue weighted by atomic mass is 32.2. The molecular formula is C18H21N5O2S2. The van der Waals surface area contributed by atoms with Crippen molar-refractivity contribution in [3.05, 3.63) is 53.1 Å². The Morgan fingerprint density at radius 1 is 1.19 bits per heavy atom. The number of hydrogen-bond acceptors (Lipinski definition) is 7. The van der Waals surface area contributed by atoms with E-state index in [0.717, 1.165) is 17.3 Å². The van der Waals surface area contributed by atoms with Crippen molar-refractivity contribution in [2.24, 2.45) is 5.92 Å². The Labute approximate surface area is 162 Å². The van der Waals surface area contributed by atoms with E-state index in [0.29, 0.717) is 24.1 Å². The topological polar surface area (TPSA) is 96.0 Å². The molecule has 0 bridgehead atoms. The molecule has 2 unspecified atom stereocenters. The molecule has 0 spiro atoms. The zero-order valence-electron chi connectivity index (χ0n) is 15.1. The standard InChI is InChI=1S/C18H21N5O2S2/c1-11-6-7-13(8-12(11)2)17-14(9-19-21-17)10-20-27(24,25)16-5-3-4-15-18(16)23-26-22-15/h3-8,14,17,19-21H,9-10H2,1-2H3. The molecule has 3 aromatic rings. The van der Waals surface area contributed by atoms with Crippen LogP contribution in [0.4, 0.5) is 0 Å². The molecule has 9 heteroatoms. The third-order valence-electron chi connectivity index (χ3n) is 5.06. The number of aromatic nitrogens is 2. The van der Waals surface area contributed by atoms with Crippen molar-refractivity contribution < 1.29 is 8.42 Å². The molecule has 0 amide bonds. The second kappa shape index (κ2) is 7.25. The van der Waals surface area contributed by atoms with Gasteiger partial charge in [0.2, 0.25) is 10.0 Å². The lowest BCUT2D eigenvalue weighted by atomic mass is 9.93. The van der Waals surface area contributed by atoms with Gasteiger partial charge in [0, 0.05) is 19.0 Å². The number of hydrazine groups is 1. The molecule has 4 rings (SSSR count). The van der Waals surface area contributed by atoms with E-state index in [1.54, 1.807) is 18.2 Å². The largest absolute Gasteiger partial charge is 0.257 e. The molecule has 0 radical (unpaired) electrons. The Bertz CT molecular complexity index is 1080. The lowest BCUT2D eigenvalue weighted by molar-refractivity contribution is 0.465. The third-order valence-corrected chi connectivity index (χ3v) is 7.06. The third kappa shape index (κ3) is 3.61. The zero-order chi connectivity index (χ0) is 19.0. The smallest absolute Gasteiger partial charge is 0.242 e. The number of sulfonamides is 1. The molecule has 3 N–H and O–H groups in total. The SMILES string of the molecule is Cc1ccc(C2NNCC2CNS(=O)(=O)c2cccc3nsnc23)cc1C. The van der Waals surface area contributed by atoms with Crippen LogP contribution in [0.25, 0.3) is 11.0 Å². The van der Waals surface area contributed by atoms with Crippen LogP contribution in [-0.2, 0) is 10.0 Å². The van der Waals surface area contributed by atoms with Gasteiger partial charge in [0.1, 0.15) is 15.9 Å². The predicted molar refractivity (Wildman–Crippen MR) is 106 cm³/mol. The predicted octanol–water partition coefficient (Wildman–Crippen LogP) is 2.05. The van der Waals surface area contributed by atoms with Gasteiger partial charge in [0.15, 0.2) is 0 Å². The van der Waals surface area contributed by atoms with Crippen molar-refractivity contribution >= 4 is 32.8 Å². The minimum atomic E-state index is -3.67. The van der Waals surface area contributed by atoms with Crippen LogP contribution in [0.15, 0.2) is 41.3 Å². The van der Waals surface area contributed by atoms with Gasteiger partial charge in [0.25, 0.3) is 0 Å². The molecule has 142 valence electrons. The zero-order valence-corrected chi connectivity index (χ0v) is 16.7. The number of aryl methyl sites for hydroxylation is 2. The number of nitrogens with zero attached hydrogens (tertiary/aromatic N) is 2. The fraction of sp³-hybridized carbons (Fsp3) is 0.333. The summed E-state index contributed by atoms with van der Waals surface area (Å²) in [5, 5.41) is 0. The summed E-state index contributed by atoms with van der Waals surface area (Å²) < 4.78 is 36.7. The molecular weight excluding hydrogens is 382 g/mol. The van der Waals surface area contributed by atoms with Crippen LogP contribution >= 0.6 is 11.7 Å². The van der Waals surface area contributed by atoms with Gasteiger partial charge in [0.05, 0.1) is 17.8 Å². The van der Waals surface area contributed by atoms with Crippen molar-refractivity contribution in [3.63, 3.8) is 0 Å². The first-order valence-corrected chi connectivity index (χ1v) is 10.9. The summed E-state index contributed by atoms with van der Waals surface area (Å²) in [5.41, 5.74) is 11.1. The summed E-state index contributed by atoms with van der Waals surface area (Å²) in [6.07, 6.45) is 0. The second-order valence-corrected chi connectivity index (χ2v) is 9.11. The maximum atomic E-state index is 12.8. The summed E-state index contributed by atoms with van der Waals surface area (Å²) in [4.78, 5) is 0.176. The molecule has 2 atom stereocenters. The molecule has 7 nitrogen and oxygen atoms in total. The van der Waals surface area contributed by atoms with Crippen molar-refractivity contribution in [2.45, 2.75) is 24.8 Å². The number of nitrogens with one attached hydrogen (secondary N) is 3. The summed E-state index contributed by atoms with van der Waals surface area (Å²) in [6.45, 7) is 5.18. The van der Waals surface area contributed by atoms with E-state index in [4.69, 9.17) is 0 Å². The lowest BCUT2D eigenvalue weighted by Gasteiger charge is -2.20. The van der Waals surface area contributed by atoms with Crippen LogP contribution < -0.4 is 15.6 Å². The van der Waals surface area contributed by atoms with Gasteiger partial charge in [-0.15, -0.1) is 0 Å². The molecule has 0 saturated carbocycles. The molecule has 1 saturated heterocycles. The average Bonchev–Trinajstić information content (AvgIpc) is 3.31. The van der Waals surface area contributed by atoms with E-state index in [-0.39, 0.29) is 16.9 Å². The Kier molecular flexibility index (Phi) is 4.95. The molecule has 27 heavy (non-hydrogen) atoms. The van der Waals surface area contributed by atoms with E-state index in [2.05, 4.69) is 56.4 Å². The normalized spacial score (nSPS) is 20.4. The van der Waals surface area contributed by atoms with Crippen molar-refractivity contribution in [3.8, 4) is 0 Å². The van der Waals surface area contributed by atoms with Crippen LogP contribution in [0.5, 0.6) is 0 Å². The fourth-order valence-corrected chi connectivity index (χ4v) is 5.19. The molecule has 1 aliphatic heterocycles. The van der Waals surface area contributed by atoms with Crippen LogP contribution in [0.3, 0.4) is 0 Å². The maximum absolute atomic E-state index is 12.8. The van der Waals surface area contributed by atoms with Crippen LogP contribution in [0, 0.1) is 19.8 Å².